The third-order valence-electron chi connectivity index (χ3n) is 23.5. The summed E-state index contributed by atoms with van der Waals surface area (Å²) in [4.78, 5) is 43.7. The number of aromatic nitrogens is 16. The summed E-state index contributed by atoms with van der Waals surface area (Å²) in [6, 6.07) is 61.1. The molecular weight excluding hydrogens is 1770 g/mol. The van der Waals surface area contributed by atoms with Gasteiger partial charge >= 0.3 is 0 Å². The molecule has 0 aliphatic rings. The van der Waals surface area contributed by atoms with Gasteiger partial charge in [-0.3, -0.25) is 30.0 Å². The lowest BCUT2D eigenvalue weighted by molar-refractivity contribution is 0.0943. The molecule has 0 aliphatic heterocycles. The Morgan fingerprint density at radius 1 is 0.453 bits per heavy atom. The van der Waals surface area contributed by atoms with Gasteiger partial charge in [0.25, 0.3) is 11.8 Å². The molecule has 722 valence electrons. The van der Waals surface area contributed by atoms with Gasteiger partial charge in [0.2, 0.25) is 27.2 Å². The number of halogens is 1. The number of aromatic amines is 4. The largest absolute Gasteiger partial charge is 0.493 e. The lowest BCUT2D eigenvalue weighted by Gasteiger charge is -2.18. The fourth-order valence-electron chi connectivity index (χ4n) is 15.6. The average Bonchev–Trinajstić information content (AvgIpc) is 1.64. The maximum Gasteiger partial charge on any atom is 0.251 e. The van der Waals surface area contributed by atoms with E-state index in [0.717, 1.165) is 124 Å². The third kappa shape index (κ3) is 28.1. The van der Waals surface area contributed by atoms with Crippen molar-refractivity contribution in [1.29, 1.82) is 0 Å². The zero-order valence-corrected chi connectivity index (χ0v) is 83.0. The molecule has 3 unspecified atom stereocenters. The van der Waals surface area contributed by atoms with Gasteiger partial charge in [0, 0.05) is 72.1 Å². The monoisotopic (exact) mass is 1900 g/mol. The first-order valence-electron chi connectivity index (χ1n) is 47.8. The predicted octanol–water partition coefficient (Wildman–Crippen LogP) is 22.8. The van der Waals surface area contributed by atoms with E-state index in [2.05, 4.69) is 157 Å². The first-order valence-corrected chi connectivity index (χ1v) is 50.0. The molecule has 3 atom stereocenters. The fraction of sp³-hybridized carbons (Fsp3) is 0.377. The van der Waals surface area contributed by atoms with Gasteiger partial charge in [-0.15, -0.1) is 29.7 Å². The van der Waals surface area contributed by atoms with Gasteiger partial charge < -0.3 is 39.1 Å². The number of aryl methyl sites for hydroxylation is 9. The molecule has 0 bridgehead atoms. The summed E-state index contributed by atoms with van der Waals surface area (Å²) in [5.74, 6) is 8.54. The summed E-state index contributed by atoms with van der Waals surface area (Å²) in [6.45, 7) is 31.8. The maximum atomic E-state index is 12.6. The highest BCUT2D eigenvalue weighted by Crippen LogP contribution is 2.38. The number of amides is 2. The zero-order chi connectivity index (χ0) is 97.1. The van der Waals surface area contributed by atoms with Crippen LogP contribution in [0.3, 0.4) is 0 Å². The normalized spacial score (nSPS) is 12.1. The minimum Gasteiger partial charge on any atom is -0.493 e. The van der Waals surface area contributed by atoms with Crippen LogP contribution in [0.5, 0.6) is 51.9 Å². The molecule has 2 amide bonds. The Morgan fingerprint density at radius 2 is 0.993 bits per heavy atom. The molecule has 0 fully saturated rings. The van der Waals surface area contributed by atoms with Crippen molar-refractivity contribution in [2.45, 2.75) is 217 Å². The number of sulfonamides is 1. The van der Waals surface area contributed by atoms with E-state index >= 15 is 0 Å². The first kappa shape index (κ1) is 101. The molecule has 16 rings (SSSR count). The van der Waals surface area contributed by atoms with Crippen LogP contribution >= 0.6 is 11.6 Å². The van der Waals surface area contributed by atoms with Gasteiger partial charge in [-0.2, -0.15) is 9.26 Å². The standard InChI is InChI=1S/C37H53ClN4O2.C28H36N6O5S.C24H27N5O2.C17H14N4O/c1-6-8-10-12-14-16-22-43-33-20-18-27(3)24-31(33)25-30-19-21-34(44-23-17-15-13-11-9-7-2)32(26-30)28(4)36-39-37-35(38)29(5)40-42(37)41-36;1-6-23-25(27-31-26(33-34(27)32-23)20(4)17-30-40(5,36)37)39-22-11-9-21(10-12-22)28(35)29-14-7-15-38-24-13-8-18(2)16-19(24)3;1-5-20-21(31-18-12-10-15(2)11-13-18)23-26-22(28-29(23)27-20)17(4)14-25-24(30)19-9-7-6-8-16(19)3;1-12-6-5-7-13(10-12)17-18-15-11-16(19-21(15)20-17)22-14-8-3-2-4-9-14/h18-21,24,26,28,40H,6-17,22-23,25H2,1-5H3;8-13,16,20,30,32H,6-7,14-15,17H2,1-5H3,(H,29,35);6-13,17,27H,5,14H2,1-4H3,(H,25,30);2-11H,1H3,(H,18,20). The lowest BCUT2D eigenvalue weighted by Crippen LogP contribution is -2.28. The second-order valence-electron chi connectivity index (χ2n) is 35.2. The second-order valence-corrected chi connectivity index (χ2v) is 37.4. The molecule has 8 aromatic heterocycles. The van der Waals surface area contributed by atoms with Crippen LogP contribution in [0, 0.1) is 48.5 Å². The number of H-pyrrole nitrogens is 4. The molecule has 29 nitrogen and oxygen atoms in total. The van der Waals surface area contributed by atoms with E-state index in [0.29, 0.717) is 107 Å². The van der Waals surface area contributed by atoms with Gasteiger partial charge in [0.1, 0.15) is 39.5 Å². The number of ether oxygens (including phenoxy) is 6. The molecule has 0 saturated heterocycles. The molecule has 8 heterocycles. The number of unbranched alkanes of at least 4 members (excludes halogenated alkanes) is 10. The number of hydrogen-bond acceptors (Lipinski definition) is 18. The second kappa shape index (κ2) is 48.7. The zero-order valence-electron chi connectivity index (χ0n) is 81.4. The number of carbonyl (C=O) groups excluding carboxylic acids is 2. The topological polar surface area (TPSA) is 344 Å². The van der Waals surface area contributed by atoms with E-state index < -0.39 is 10.0 Å². The van der Waals surface area contributed by atoms with E-state index in [1.54, 1.807) is 38.2 Å². The summed E-state index contributed by atoms with van der Waals surface area (Å²) >= 11 is 6.49. The SMILES string of the molecule is CCCCCCCCOc1ccc(C)cc1Cc1ccc(OCCCCCCCC)c(C(C)c2nc3c(Cl)c(C)[nH]n3n2)c1.CCc1[nH]n2nc(C(C)CNC(=O)c3ccccc3C)nc2c1Oc1ccc(C)cc1.CCc1[nH]n2nc(C(C)CNS(C)(=O)=O)nc2c1Oc1ccc(C(=O)NCCCOc2ccc(C)cc2C)cc1.Cc1cccc(-c2nc3cc(Oc4ccccc4)nn3[nH]2)c1. The van der Waals surface area contributed by atoms with Gasteiger partial charge in [-0.1, -0.05) is 250 Å². The number of nitrogens with zero attached hydrogens (tertiary/aromatic N) is 12. The van der Waals surface area contributed by atoms with Gasteiger partial charge in [0.05, 0.1) is 43.2 Å². The Balaban J connectivity index is 0.000000158. The molecule has 7 N–H and O–H groups in total. The molecular formula is C106H130ClN19O10S. The van der Waals surface area contributed by atoms with Crippen molar-refractivity contribution in [2.24, 2.45) is 0 Å². The molecule has 0 radical (unpaired) electrons. The summed E-state index contributed by atoms with van der Waals surface area (Å²) in [5.41, 5.74) is 17.7. The van der Waals surface area contributed by atoms with Gasteiger partial charge in [-0.05, 0) is 182 Å². The van der Waals surface area contributed by atoms with Crippen molar-refractivity contribution < 1.29 is 46.4 Å². The molecule has 31 heteroatoms. The molecule has 137 heavy (non-hydrogen) atoms. The van der Waals surface area contributed by atoms with Crippen LogP contribution in [0.25, 0.3) is 34.0 Å². The van der Waals surface area contributed by atoms with Crippen LogP contribution in [-0.4, -0.2) is 145 Å². The lowest BCUT2D eigenvalue weighted by atomic mass is 9.94. The molecule has 8 aromatic carbocycles. The number of nitrogens with one attached hydrogen (secondary N) is 7. The first-order chi connectivity index (χ1) is 66.2. The average molecular weight is 1900 g/mol. The van der Waals surface area contributed by atoms with E-state index in [1.165, 1.54) is 102 Å². The number of benzene rings is 8. The Hall–Kier alpha value is -13.6. The summed E-state index contributed by atoms with van der Waals surface area (Å²) in [7, 11) is -3.31. The van der Waals surface area contributed by atoms with E-state index in [4.69, 9.17) is 55.1 Å². The van der Waals surface area contributed by atoms with Gasteiger partial charge in [-0.25, -0.2) is 33.1 Å². The van der Waals surface area contributed by atoms with Crippen molar-refractivity contribution in [2.75, 3.05) is 45.7 Å². The molecule has 0 spiro atoms. The molecule has 0 saturated carbocycles. The van der Waals surface area contributed by atoms with Crippen LogP contribution < -0.4 is 43.8 Å². The van der Waals surface area contributed by atoms with Crippen molar-refractivity contribution in [3.05, 3.63) is 289 Å². The summed E-state index contributed by atoms with van der Waals surface area (Å²) in [6.07, 6.45) is 19.0. The Kier molecular flexibility index (Phi) is 35.9. The molecule has 0 aliphatic carbocycles. The van der Waals surface area contributed by atoms with Gasteiger partial charge in [0.15, 0.2) is 46.1 Å². The Labute approximate surface area is 807 Å². The number of carbonyl (C=O) groups is 2. The van der Waals surface area contributed by atoms with E-state index in [1.807, 2.05) is 165 Å². The number of rotatable bonds is 43. The van der Waals surface area contributed by atoms with Crippen molar-refractivity contribution >= 4 is 56.0 Å². The minimum absolute atomic E-state index is 0.0569. The highest BCUT2D eigenvalue weighted by atomic mass is 35.5. The van der Waals surface area contributed by atoms with Crippen molar-refractivity contribution in [1.82, 2.24) is 94.6 Å². The van der Waals surface area contributed by atoms with E-state index in [9.17, 15) is 18.0 Å². The fourth-order valence-corrected chi connectivity index (χ4v) is 16.3. The van der Waals surface area contributed by atoms with Crippen LogP contribution in [-0.2, 0) is 29.3 Å². The molecule has 16 aromatic rings. The third-order valence-corrected chi connectivity index (χ3v) is 24.6. The predicted molar refractivity (Wildman–Crippen MR) is 540 cm³/mol. The van der Waals surface area contributed by atoms with Crippen molar-refractivity contribution in [3.8, 4) is 63.3 Å². The van der Waals surface area contributed by atoms with Crippen LogP contribution in [0.2, 0.25) is 5.02 Å². The Bertz CT molecular complexity index is 6720. The number of fused-ring (bicyclic) bond motifs is 4. The quantitative estimate of drug-likeness (QED) is 0.0175. The Morgan fingerprint density at radius 3 is 1.61 bits per heavy atom. The summed E-state index contributed by atoms with van der Waals surface area (Å²) in [5, 5.41) is 37.4. The number of para-hydroxylation sites is 1. The highest BCUT2D eigenvalue weighted by molar-refractivity contribution is 7.88. The van der Waals surface area contributed by atoms with Crippen LogP contribution in [0.1, 0.15) is 255 Å². The number of hydrogen-bond donors (Lipinski definition) is 7. The van der Waals surface area contributed by atoms with Crippen LogP contribution in [0.15, 0.2) is 188 Å². The van der Waals surface area contributed by atoms with Crippen LogP contribution in [0.4, 0.5) is 0 Å². The van der Waals surface area contributed by atoms with E-state index in [-0.39, 0.29) is 36.1 Å². The van der Waals surface area contributed by atoms with Crippen molar-refractivity contribution in [3.63, 3.8) is 0 Å². The summed E-state index contributed by atoms with van der Waals surface area (Å²) < 4.78 is 68.4. The maximum absolute atomic E-state index is 12.6. The minimum atomic E-state index is -3.31. The smallest absolute Gasteiger partial charge is 0.251 e. The highest BCUT2D eigenvalue weighted by Gasteiger charge is 2.27.